The number of nitrogens with two attached hydrogens (primary N) is 1. The summed E-state index contributed by atoms with van der Waals surface area (Å²) in [4.78, 5) is 2.34. The molecule has 0 fully saturated rings. The van der Waals surface area contributed by atoms with Gasteiger partial charge in [-0.2, -0.15) is 0 Å². The van der Waals surface area contributed by atoms with Gasteiger partial charge in [-0.1, -0.05) is 24.3 Å². The van der Waals surface area contributed by atoms with Crippen LogP contribution >= 0.6 is 0 Å². The Bertz CT molecular complexity index is 727. The first-order valence-corrected chi connectivity index (χ1v) is 8.38. The SMILES string of the molecule is CCN(Cc1cccc(S(N)(=O)=O)c1)c1cccc(C)c1. The third-order valence-corrected chi connectivity index (χ3v) is 4.26. The minimum absolute atomic E-state index is 0.153. The zero-order chi connectivity index (χ0) is 15.5. The molecule has 0 saturated heterocycles. The summed E-state index contributed by atoms with van der Waals surface area (Å²) in [6, 6.07) is 15.0. The Kier molecular flexibility index (Phi) is 4.65. The highest BCUT2D eigenvalue weighted by Crippen LogP contribution is 2.19. The molecule has 0 aromatic heterocycles. The molecule has 0 aliphatic carbocycles. The average Bonchev–Trinajstić information content (AvgIpc) is 2.44. The Labute approximate surface area is 126 Å². The second kappa shape index (κ2) is 6.28. The number of anilines is 1. The molecule has 2 N–H and O–H groups in total. The highest BCUT2D eigenvalue weighted by molar-refractivity contribution is 7.89. The Morgan fingerprint density at radius 2 is 1.81 bits per heavy atom. The number of hydrogen-bond donors (Lipinski definition) is 1. The van der Waals surface area contributed by atoms with E-state index in [1.165, 1.54) is 11.6 Å². The van der Waals surface area contributed by atoms with Crippen molar-refractivity contribution in [2.45, 2.75) is 25.3 Å². The van der Waals surface area contributed by atoms with Gasteiger partial charge in [0.2, 0.25) is 10.0 Å². The molecule has 0 amide bonds. The first-order valence-electron chi connectivity index (χ1n) is 6.83. The van der Waals surface area contributed by atoms with E-state index in [1.807, 2.05) is 12.1 Å². The van der Waals surface area contributed by atoms with E-state index >= 15 is 0 Å². The van der Waals surface area contributed by atoms with Crippen LogP contribution in [0.15, 0.2) is 53.4 Å². The summed E-state index contributed by atoms with van der Waals surface area (Å²) in [6.45, 7) is 5.61. The maximum absolute atomic E-state index is 11.4. The van der Waals surface area contributed by atoms with E-state index in [1.54, 1.807) is 12.1 Å². The quantitative estimate of drug-likeness (QED) is 0.923. The van der Waals surface area contributed by atoms with Crippen molar-refractivity contribution in [3.05, 3.63) is 59.7 Å². The van der Waals surface area contributed by atoms with E-state index in [9.17, 15) is 8.42 Å². The van der Waals surface area contributed by atoms with Gasteiger partial charge in [0.25, 0.3) is 0 Å². The van der Waals surface area contributed by atoms with Crippen LogP contribution in [0.3, 0.4) is 0 Å². The van der Waals surface area contributed by atoms with Crippen molar-refractivity contribution >= 4 is 15.7 Å². The van der Waals surface area contributed by atoms with Gasteiger partial charge in [0.1, 0.15) is 0 Å². The fourth-order valence-electron chi connectivity index (χ4n) is 2.25. The molecule has 2 aromatic carbocycles. The van der Waals surface area contributed by atoms with Gasteiger partial charge in [-0.15, -0.1) is 0 Å². The van der Waals surface area contributed by atoms with Crippen LogP contribution in [0.25, 0.3) is 0 Å². The third kappa shape index (κ3) is 4.06. The molecule has 0 aliphatic heterocycles. The lowest BCUT2D eigenvalue weighted by molar-refractivity contribution is 0.597. The molecule has 0 heterocycles. The van der Waals surface area contributed by atoms with Crippen molar-refractivity contribution in [3.8, 4) is 0 Å². The molecule has 2 aromatic rings. The lowest BCUT2D eigenvalue weighted by Crippen LogP contribution is -2.22. The van der Waals surface area contributed by atoms with Gasteiger partial charge in [-0.25, -0.2) is 13.6 Å². The van der Waals surface area contributed by atoms with E-state index in [2.05, 4.69) is 36.9 Å². The van der Waals surface area contributed by atoms with E-state index in [0.29, 0.717) is 6.54 Å². The Hall–Kier alpha value is -1.85. The van der Waals surface area contributed by atoms with Gasteiger partial charge in [-0.3, -0.25) is 0 Å². The third-order valence-electron chi connectivity index (χ3n) is 3.35. The Morgan fingerprint density at radius 1 is 1.10 bits per heavy atom. The van der Waals surface area contributed by atoms with Gasteiger partial charge in [-0.05, 0) is 49.2 Å². The van der Waals surface area contributed by atoms with Gasteiger partial charge < -0.3 is 4.90 Å². The maximum Gasteiger partial charge on any atom is 0.238 e. The van der Waals surface area contributed by atoms with Crippen molar-refractivity contribution in [1.29, 1.82) is 0 Å². The topological polar surface area (TPSA) is 63.4 Å². The number of hydrogen-bond acceptors (Lipinski definition) is 3. The number of benzene rings is 2. The highest BCUT2D eigenvalue weighted by atomic mass is 32.2. The van der Waals surface area contributed by atoms with Crippen LogP contribution < -0.4 is 10.0 Å². The van der Waals surface area contributed by atoms with Gasteiger partial charge in [0.05, 0.1) is 4.90 Å². The molecule has 0 unspecified atom stereocenters. The highest BCUT2D eigenvalue weighted by Gasteiger charge is 2.10. The largest absolute Gasteiger partial charge is 0.367 e. The van der Waals surface area contributed by atoms with Crippen LogP contribution in [0.4, 0.5) is 5.69 Å². The molecule has 112 valence electrons. The minimum Gasteiger partial charge on any atom is -0.367 e. The average molecular weight is 304 g/mol. The van der Waals surface area contributed by atoms with Gasteiger partial charge in [0, 0.05) is 18.8 Å². The molecule has 0 saturated carbocycles. The summed E-state index contributed by atoms with van der Waals surface area (Å²) >= 11 is 0. The second-order valence-corrected chi connectivity index (χ2v) is 6.61. The van der Waals surface area contributed by atoms with Crippen molar-refractivity contribution < 1.29 is 8.42 Å². The monoisotopic (exact) mass is 304 g/mol. The molecule has 4 nitrogen and oxygen atoms in total. The van der Waals surface area contributed by atoms with E-state index in [4.69, 9.17) is 5.14 Å². The molecule has 0 bridgehead atoms. The molecular formula is C16H20N2O2S. The first-order chi connectivity index (χ1) is 9.90. The van der Waals surface area contributed by atoms with Crippen LogP contribution in [-0.2, 0) is 16.6 Å². The van der Waals surface area contributed by atoms with Gasteiger partial charge in [0.15, 0.2) is 0 Å². The van der Waals surface area contributed by atoms with E-state index < -0.39 is 10.0 Å². The summed E-state index contributed by atoms with van der Waals surface area (Å²) in [5.41, 5.74) is 3.24. The summed E-state index contributed by atoms with van der Waals surface area (Å²) in [5, 5.41) is 5.18. The van der Waals surface area contributed by atoms with Crippen molar-refractivity contribution in [2.75, 3.05) is 11.4 Å². The molecule has 0 aliphatic rings. The number of aryl methyl sites for hydroxylation is 1. The summed E-state index contributed by atoms with van der Waals surface area (Å²) in [6.07, 6.45) is 0. The molecule has 5 heteroatoms. The fraction of sp³-hybridized carbons (Fsp3) is 0.250. The summed E-state index contributed by atoms with van der Waals surface area (Å²) in [5.74, 6) is 0. The number of nitrogens with zero attached hydrogens (tertiary/aromatic N) is 1. The first kappa shape index (κ1) is 15.5. The molecular weight excluding hydrogens is 284 g/mol. The summed E-state index contributed by atoms with van der Waals surface area (Å²) in [7, 11) is -3.66. The number of sulfonamides is 1. The predicted octanol–water partition coefficient (Wildman–Crippen LogP) is 2.67. The smallest absolute Gasteiger partial charge is 0.238 e. The molecule has 0 radical (unpaired) electrons. The number of rotatable bonds is 5. The van der Waals surface area contributed by atoms with E-state index in [0.717, 1.165) is 17.8 Å². The molecule has 2 rings (SSSR count). The van der Waals surface area contributed by atoms with Crippen molar-refractivity contribution in [2.24, 2.45) is 5.14 Å². The minimum atomic E-state index is -3.66. The Balaban J connectivity index is 2.27. The summed E-state index contributed by atoms with van der Waals surface area (Å²) < 4.78 is 22.8. The molecule has 0 spiro atoms. The lowest BCUT2D eigenvalue weighted by Gasteiger charge is -2.23. The van der Waals surface area contributed by atoms with Crippen LogP contribution in [0.2, 0.25) is 0 Å². The fourth-order valence-corrected chi connectivity index (χ4v) is 2.84. The normalized spacial score (nSPS) is 11.4. The zero-order valence-corrected chi connectivity index (χ0v) is 13.1. The van der Waals surface area contributed by atoms with Gasteiger partial charge >= 0.3 is 0 Å². The van der Waals surface area contributed by atoms with Crippen molar-refractivity contribution in [1.82, 2.24) is 0 Å². The lowest BCUT2D eigenvalue weighted by atomic mass is 10.1. The van der Waals surface area contributed by atoms with Crippen LogP contribution in [0.5, 0.6) is 0 Å². The van der Waals surface area contributed by atoms with Crippen LogP contribution in [0, 0.1) is 6.92 Å². The predicted molar refractivity (Wildman–Crippen MR) is 85.7 cm³/mol. The maximum atomic E-state index is 11.4. The van der Waals surface area contributed by atoms with Crippen LogP contribution in [0.1, 0.15) is 18.1 Å². The van der Waals surface area contributed by atoms with Crippen molar-refractivity contribution in [3.63, 3.8) is 0 Å². The van der Waals surface area contributed by atoms with E-state index in [-0.39, 0.29) is 4.90 Å². The molecule has 21 heavy (non-hydrogen) atoms. The van der Waals surface area contributed by atoms with Crippen LogP contribution in [-0.4, -0.2) is 15.0 Å². The standard InChI is InChI=1S/C16H20N2O2S/c1-3-18(15-8-4-6-13(2)10-15)12-14-7-5-9-16(11-14)21(17,19)20/h4-11H,3,12H2,1-2H3,(H2,17,19,20). The number of primary sulfonamides is 1. The molecule has 0 atom stereocenters. The second-order valence-electron chi connectivity index (χ2n) is 5.05. The Morgan fingerprint density at radius 3 is 2.43 bits per heavy atom. The zero-order valence-electron chi connectivity index (χ0n) is 12.3.